The van der Waals surface area contributed by atoms with E-state index >= 15 is 0 Å². The lowest BCUT2D eigenvalue weighted by atomic mass is 9.82. The number of carbonyl (C=O) groups is 1. The van der Waals surface area contributed by atoms with Crippen LogP contribution in [0.4, 0.5) is 0 Å². The molecule has 34 heavy (non-hydrogen) atoms. The Labute approximate surface area is 204 Å². The van der Waals surface area contributed by atoms with Gasteiger partial charge >= 0.3 is 0 Å². The number of hydrogen-bond acceptors (Lipinski definition) is 4. The highest BCUT2D eigenvalue weighted by molar-refractivity contribution is 5.92. The van der Waals surface area contributed by atoms with Gasteiger partial charge in [0.15, 0.2) is 0 Å². The summed E-state index contributed by atoms with van der Waals surface area (Å²) in [6.45, 7) is 8.97. The summed E-state index contributed by atoms with van der Waals surface area (Å²) in [5.74, 6) is 1.45. The number of ether oxygens (including phenoxy) is 1. The summed E-state index contributed by atoms with van der Waals surface area (Å²) in [5, 5.41) is 0. The van der Waals surface area contributed by atoms with E-state index in [9.17, 15) is 4.79 Å². The second-order valence-electron chi connectivity index (χ2n) is 11.5. The van der Waals surface area contributed by atoms with Crippen LogP contribution >= 0.6 is 0 Å². The number of aromatic nitrogens is 1. The third-order valence-corrected chi connectivity index (χ3v) is 8.10. The van der Waals surface area contributed by atoms with E-state index < -0.39 is 0 Å². The summed E-state index contributed by atoms with van der Waals surface area (Å²) in [7, 11) is 1.92. The fraction of sp³-hybridized carbons (Fsp3) is 0.586. The lowest BCUT2D eigenvalue weighted by Crippen LogP contribution is -2.41. The first-order chi connectivity index (χ1) is 16.4. The topological polar surface area (TPSA) is 45.7 Å². The molecule has 2 aliphatic carbocycles. The molecule has 2 heterocycles. The van der Waals surface area contributed by atoms with Crippen molar-refractivity contribution in [3.05, 3.63) is 58.9 Å². The van der Waals surface area contributed by atoms with Crippen LogP contribution in [0.5, 0.6) is 5.75 Å². The van der Waals surface area contributed by atoms with Crippen molar-refractivity contribution in [2.75, 3.05) is 26.7 Å². The molecule has 5 rings (SSSR count). The second-order valence-corrected chi connectivity index (χ2v) is 11.5. The van der Waals surface area contributed by atoms with Gasteiger partial charge in [-0.3, -0.25) is 9.69 Å². The van der Waals surface area contributed by atoms with Crippen molar-refractivity contribution in [2.24, 2.45) is 11.3 Å². The number of amides is 1. The molecule has 182 valence electrons. The number of likely N-dealkylation sites (tertiary alicyclic amines) is 1. The fourth-order valence-electron chi connectivity index (χ4n) is 5.23. The molecule has 0 spiro atoms. The first kappa shape index (κ1) is 23.3. The van der Waals surface area contributed by atoms with Crippen LogP contribution in [0.15, 0.2) is 36.5 Å². The molecule has 0 radical (unpaired) electrons. The monoisotopic (exact) mass is 461 g/mol. The minimum atomic E-state index is -0.00756. The second kappa shape index (κ2) is 9.69. The number of benzene rings is 1. The maximum absolute atomic E-state index is 13.1. The van der Waals surface area contributed by atoms with Crippen LogP contribution in [-0.2, 0) is 19.4 Å². The van der Waals surface area contributed by atoms with Gasteiger partial charge in [-0.25, -0.2) is 4.98 Å². The van der Waals surface area contributed by atoms with Crippen molar-refractivity contribution >= 4 is 5.91 Å². The number of hydrogen-bond donors (Lipinski definition) is 0. The van der Waals surface area contributed by atoms with Gasteiger partial charge in [-0.15, -0.1) is 0 Å². The Morgan fingerprint density at radius 3 is 2.62 bits per heavy atom. The first-order valence-electron chi connectivity index (χ1n) is 13.1. The van der Waals surface area contributed by atoms with E-state index in [-0.39, 0.29) is 11.9 Å². The lowest BCUT2D eigenvalue weighted by Gasteiger charge is -2.37. The first-order valence-corrected chi connectivity index (χ1v) is 13.1. The predicted octanol–water partition coefficient (Wildman–Crippen LogP) is 5.12. The van der Waals surface area contributed by atoms with Gasteiger partial charge in [0.2, 0.25) is 0 Å². The number of piperidine rings is 1. The van der Waals surface area contributed by atoms with Gasteiger partial charge in [-0.1, -0.05) is 32.0 Å². The zero-order valence-electron chi connectivity index (χ0n) is 21.1. The van der Waals surface area contributed by atoms with E-state index in [1.165, 1.54) is 55.5 Å². The van der Waals surface area contributed by atoms with Gasteiger partial charge in [0.1, 0.15) is 11.4 Å². The van der Waals surface area contributed by atoms with Gasteiger partial charge in [-0.2, -0.15) is 0 Å². The molecule has 1 amide bonds. The Hall–Kier alpha value is -2.40. The number of aryl methyl sites for hydroxylation is 1. The van der Waals surface area contributed by atoms with E-state index in [2.05, 4.69) is 41.9 Å². The predicted molar refractivity (Wildman–Crippen MR) is 135 cm³/mol. The molecule has 0 bridgehead atoms. The highest BCUT2D eigenvalue weighted by Crippen LogP contribution is 2.32. The maximum Gasteiger partial charge on any atom is 0.272 e. The Kier molecular flexibility index (Phi) is 6.65. The molecule has 1 saturated heterocycles. The Morgan fingerprint density at radius 1 is 1.12 bits per heavy atom. The molecule has 3 aliphatic rings. The SMILES string of the molecule is CN(C(=O)c1ccc(OCC2CC2)cn1)C1CCc2cc(CN3CCC(C)(C)CC3)ccc2C1. The van der Waals surface area contributed by atoms with Crippen molar-refractivity contribution < 1.29 is 9.53 Å². The summed E-state index contributed by atoms with van der Waals surface area (Å²) >= 11 is 0. The Morgan fingerprint density at radius 2 is 1.91 bits per heavy atom. The molecular weight excluding hydrogens is 422 g/mol. The van der Waals surface area contributed by atoms with Crippen LogP contribution in [0.3, 0.4) is 0 Å². The van der Waals surface area contributed by atoms with E-state index in [1.807, 2.05) is 18.0 Å². The number of likely N-dealkylation sites (N-methyl/N-ethyl adjacent to an activating group) is 1. The number of carbonyl (C=O) groups excluding carboxylic acids is 1. The molecule has 1 aromatic heterocycles. The summed E-state index contributed by atoms with van der Waals surface area (Å²) in [4.78, 5) is 22.0. The molecule has 1 saturated carbocycles. The number of rotatable bonds is 7. The van der Waals surface area contributed by atoms with Gasteiger partial charge in [0, 0.05) is 19.6 Å². The quantitative estimate of drug-likeness (QED) is 0.574. The van der Waals surface area contributed by atoms with Gasteiger partial charge in [0.05, 0.1) is 12.8 Å². The van der Waals surface area contributed by atoms with Crippen LogP contribution in [0, 0.1) is 11.3 Å². The van der Waals surface area contributed by atoms with Gasteiger partial charge < -0.3 is 9.64 Å². The molecule has 5 nitrogen and oxygen atoms in total. The average molecular weight is 462 g/mol. The molecule has 2 fully saturated rings. The largest absolute Gasteiger partial charge is 0.492 e. The number of fused-ring (bicyclic) bond motifs is 1. The maximum atomic E-state index is 13.1. The number of nitrogens with zero attached hydrogens (tertiary/aromatic N) is 3. The average Bonchev–Trinajstić information content (AvgIpc) is 3.68. The third-order valence-electron chi connectivity index (χ3n) is 8.10. The minimum absolute atomic E-state index is 0.00756. The van der Waals surface area contributed by atoms with Crippen molar-refractivity contribution in [3.63, 3.8) is 0 Å². The highest BCUT2D eigenvalue weighted by Gasteiger charge is 2.28. The van der Waals surface area contributed by atoms with E-state index in [4.69, 9.17) is 4.74 Å². The zero-order valence-corrected chi connectivity index (χ0v) is 21.1. The van der Waals surface area contributed by atoms with Crippen LogP contribution in [0.25, 0.3) is 0 Å². The molecule has 2 aromatic rings. The smallest absolute Gasteiger partial charge is 0.272 e. The molecule has 5 heteroatoms. The fourth-order valence-corrected chi connectivity index (χ4v) is 5.23. The van der Waals surface area contributed by atoms with Gasteiger partial charge in [-0.05, 0) is 98.2 Å². The van der Waals surface area contributed by atoms with E-state index in [0.717, 1.165) is 38.2 Å². The van der Waals surface area contributed by atoms with Crippen molar-refractivity contribution in [2.45, 2.75) is 71.4 Å². The Bertz CT molecular complexity index is 1000. The van der Waals surface area contributed by atoms with Crippen molar-refractivity contribution in [3.8, 4) is 5.75 Å². The summed E-state index contributed by atoms with van der Waals surface area (Å²) in [6, 6.07) is 10.9. The summed E-state index contributed by atoms with van der Waals surface area (Å²) in [6.07, 6.45) is 9.72. The van der Waals surface area contributed by atoms with Crippen LogP contribution in [0.1, 0.15) is 73.1 Å². The van der Waals surface area contributed by atoms with E-state index in [0.29, 0.717) is 17.0 Å². The van der Waals surface area contributed by atoms with Gasteiger partial charge in [0.25, 0.3) is 5.91 Å². The molecule has 0 N–H and O–H groups in total. The molecule has 1 aliphatic heterocycles. The molecule has 1 aromatic carbocycles. The lowest BCUT2D eigenvalue weighted by molar-refractivity contribution is 0.0712. The van der Waals surface area contributed by atoms with Crippen LogP contribution in [0.2, 0.25) is 0 Å². The molecular formula is C29H39N3O2. The van der Waals surface area contributed by atoms with Crippen LogP contribution in [-0.4, -0.2) is 53.5 Å². The van der Waals surface area contributed by atoms with Crippen molar-refractivity contribution in [1.29, 1.82) is 0 Å². The zero-order chi connectivity index (χ0) is 23.7. The standard InChI is InChI=1S/C29H39N3O2/c1-29(2)12-14-32(15-13-29)19-22-6-7-24-17-25(9-8-23(24)16-22)31(3)28(33)27-11-10-26(18-30-27)34-20-21-4-5-21/h6-7,10-11,16,18,21,25H,4-5,8-9,12-15,17,19-20H2,1-3H3. The normalized spacial score (nSPS) is 22.1. The Balaban J connectivity index is 1.16. The summed E-state index contributed by atoms with van der Waals surface area (Å²) < 4.78 is 5.76. The van der Waals surface area contributed by atoms with Crippen LogP contribution < -0.4 is 4.74 Å². The third kappa shape index (κ3) is 5.63. The summed E-state index contributed by atoms with van der Waals surface area (Å²) in [5.41, 5.74) is 5.26. The minimum Gasteiger partial charge on any atom is -0.492 e. The van der Waals surface area contributed by atoms with E-state index in [1.54, 1.807) is 12.3 Å². The highest BCUT2D eigenvalue weighted by atomic mass is 16.5. The number of pyridine rings is 1. The molecule has 1 unspecified atom stereocenters. The molecule has 1 atom stereocenters. The van der Waals surface area contributed by atoms with Crippen molar-refractivity contribution in [1.82, 2.24) is 14.8 Å².